The standard InChI is InChI=1S/C18H36O4Si/c1-8-13-15(22-23(6,7)17(2,3)4)11-14(20-13)16(12-19)21-18(5)9-10-18/h13-16,19H,8-12H2,1-7H3/t13-,14-,15+,16+/m1/s1. The number of ether oxygens (including phenoxy) is 2. The van der Waals surface area contributed by atoms with Crippen molar-refractivity contribution in [2.45, 2.75) is 108 Å². The van der Waals surface area contributed by atoms with Crippen molar-refractivity contribution in [1.82, 2.24) is 0 Å². The molecule has 2 fully saturated rings. The van der Waals surface area contributed by atoms with Crippen LogP contribution >= 0.6 is 0 Å². The minimum Gasteiger partial charge on any atom is -0.411 e. The average Bonchev–Trinajstić information content (AvgIpc) is 3.02. The van der Waals surface area contributed by atoms with Crippen LogP contribution in [-0.2, 0) is 13.9 Å². The highest BCUT2D eigenvalue weighted by Gasteiger charge is 2.48. The van der Waals surface area contributed by atoms with E-state index in [1.54, 1.807) is 0 Å². The van der Waals surface area contributed by atoms with E-state index >= 15 is 0 Å². The van der Waals surface area contributed by atoms with Gasteiger partial charge in [-0.1, -0.05) is 27.7 Å². The van der Waals surface area contributed by atoms with Crippen LogP contribution in [-0.4, -0.2) is 50.0 Å². The van der Waals surface area contributed by atoms with Gasteiger partial charge in [-0.3, -0.25) is 0 Å². The quantitative estimate of drug-likeness (QED) is 0.712. The summed E-state index contributed by atoms with van der Waals surface area (Å²) in [5.74, 6) is 0. The van der Waals surface area contributed by atoms with Crippen molar-refractivity contribution >= 4 is 8.32 Å². The third kappa shape index (κ3) is 4.57. The second-order valence-corrected chi connectivity index (χ2v) is 13.8. The van der Waals surface area contributed by atoms with E-state index in [1.807, 2.05) is 0 Å². The number of hydrogen-bond acceptors (Lipinski definition) is 4. The molecule has 136 valence electrons. The van der Waals surface area contributed by atoms with Crippen molar-refractivity contribution in [1.29, 1.82) is 0 Å². The fourth-order valence-electron chi connectivity index (χ4n) is 2.92. The van der Waals surface area contributed by atoms with Gasteiger partial charge < -0.3 is 19.0 Å². The molecule has 0 unspecified atom stereocenters. The summed E-state index contributed by atoms with van der Waals surface area (Å²) in [7, 11) is -1.82. The van der Waals surface area contributed by atoms with Crippen molar-refractivity contribution in [2.75, 3.05) is 6.61 Å². The highest BCUT2D eigenvalue weighted by Crippen LogP contribution is 2.43. The zero-order valence-corrected chi connectivity index (χ0v) is 17.0. The van der Waals surface area contributed by atoms with E-state index in [-0.39, 0.29) is 41.7 Å². The molecule has 1 aliphatic heterocycles. The van der Waals surface area contributed by atoms with Crippen LogP contribution in [0.5, 0.6) is 0 Å². The smallest absolute Gasteiger partial charge is 0.192 e. The van der Waals surface area contributed by atoms with Gasteiger partial charge in [0.2, 0.25) is 0 Å². The Hall–Kier alpha value is 0.0569. The molecule has 1 saturated heterocycles. The predicted molar refractivity (Wildman–Crippen MR) is 95.2 cm³/mol. The van der Waals surface area contributed by atoms with Crippen molar-refractivity contribution in [3.63, 3.8) is 0 Å². The first-order valence-electron chi connectivity index (χ1n) is 9.13. The van der Waals surface area contributed by atoms with E-state index in [0.717, 1.165) is 25.7 Å². The summed E-state index contributed by atoms with van der Waals surface area (Å²) in [5.41, 5.74) is -0.0448. The molecule has 1 saturated carbocycles. The van der Waals surface area contributed by atoms with Gasteiger partial charge >= 0.3 is 0 Å². The Morgan fingerprint density at radius 2 is 1.91 bits per heavy atom. The lowest BCUT2D eigenvalue weighted by Gasteiger charge is -2.39. The largest absolute Gasteiger partial charge is 0.411 e. The molecule has 5 heteroatoms. The van der Waals surface area contributed by atoms with Gasteiger partial charge in [0.25, 0.3) is 0 Å². The Labute approximate surface area is 143 Å². The maximum absolute atomic E-state index is 9.75. The van der Waals surface area contributed by atoms with Crippen molar-refractivity contribution < 1.29 is 19.0 Å². The van der Waals surface area contributed by atoms with E-state index < -0.39 is 8.32 Å². The molecule has 23 heavy (non-hydrogen) atoms. The van der Waals surface area contributed by atoms with Crippen molar-refractivity contribution in [2.24, 2.45) is 0 Å². The SMILES string of the molecule is CC[C@H]1O[C@@H]([C@H](CO)OC2(C)CC2)C[C@@H]1O[Si](C)(C)C(C)(C)C. The first-order chi connectivity index (χ1) is 10.5. The van der Waals surface area contributed by atoms with Crippen LogP contribution in [0.3, 0.4) is 0 Å². The van der Waals surface area contributed by atoms with Gasteiger partial charge in [-0.25, -0.2) is 0 Å². The van der Waals surface area contributed by atoms with Crippen LogP contribution in [0.1, 0.15) is 60.3 Å². The van der Waals surface area contributed by atoms with E-state index in [4.69, 9.17) is 13.9 Å². The topological polar surface area (TPSA) is 47.9 Å². The maximum atomic E-state index is 9.75. The Kier molecular flexibility index (Phi) is 5.69. The molecule has 2 aliphatic rings. The summed E-state index contributed by atoms with van der Waals surface area (Å²) in [6, 6.07) is 0. The molecule has 0 aromatic rings. The van der Waals surface area contributed by atoms with E-state index in [9.17, 15) is 5.11 Å². The highest BCUT2D eigenvalue weighted by atomic mass is 28.4. The first-order valence-corrected chi connectivity index (χ1v) is 12.0. The fourth-order valence-corrected chi connectivity index (χ4v) is 4.27. The number of rotatable bonds is 7. The summed E-state index contributed by atoms with van der Waals surface area (Å²) < 4.78 is 18.9. The summed E-state index contributed by atoms with van der Waals surface area (Å²) >= 11 is 0. The molecular weight excluding hydrogens is 308 g/mol. The Balaban J connectivity index is 2.01. The van der Waals surface area contributed by atoms with Crippen LogP contribution < -0.4 is 0 Å². The predicted octanol–water partition coefficient (Wildman–Crippen LogP) is 3.87. The molecule has 1 aliphatic carbocycles. The number of aliphatic hydroxyl groups excluding tert-OH is 1. The van der Waals surface area contributed by atoms with Gasteiger partial charge in [-0.15, -0.1) is 0 Å². The molecule has 0 spiro atoms. The van der Waals surface area contributed by atoms with Gasteiger partial charge in [0.1, 0.15) is 6.10 Å². The number of aliphatic hydroxyl groups is 1. The molecular formula is C18H36O4Si. The van der Waals surface area contributed by atoms with Gasteiger partial charge in [0.15, 0.2) is 8.32 Å². The molecule has 1 N–H and O–H groups in total. The van der Waals surface area contributed by atoms with Crippen LogP contribution in [0.25, 0.3) is 0 Å². The maximum Gasteiger partial charge on any atom is 0.192 e. The molecule has 0 radical (unpaired) electrons. The lowest BCUT2D eigenvalue weighted by molar-refractivity contribution is -0.121. The molecule has 2 rings (SSSR count). The fraction of sp³-hybridized carbons (Fsp3) is 1.00. The Morgan fingerprint density at radius 3 is 2.35 bits per heavy atom. The summed E-state index contributed by atoms with van der Waals surface area (Å²) in [4.78, 5) is 0. The van der Waals surface area contributed by atoms with Gasteiger partial charge in [-0.05, 0) is 44.3 Å². The highest BCUT2D eigenvalue weighted by molar-refractivity contribution is 6.74. The first kappa shape index (κ1) is 19.4. The van der Waals surface area contributed by atoms with Crippen LogP contribution in [0, 0.1) is 0 Å². The molecule has 1 heterocycles. The summed E-state index contributed by atoms with van der Waals surface area (Å²) in [6.07, 6.45) is 3.86. The second kappa shape index (κ2) is 6.75. The zero-order chi connectivity index (χ0) is 17.5. The lowest BCUT2D eigenvalue weighted by atomic mass is 10.1. The van der Waals surface area contributed by atoms with Crippen LogP contribution in [0.2, 0.25) is 18.1 Å². The third-order valence-electron chi connectivity index (χ3n) is 5.87. The summed E-state index contributed by atoms with van der Waals surface area (Å²) in [6.45, 7) is 15.7. The van der Waals surface area contributed by atoms with Crippen molar-refractivity contribution in [3.8, 4) is 0 Å². The molecule has 4 atom stereocenters. The second-order valence-electron chi connectivity index (χ2n) is 9.06. The third-order valence-corrected chi connectivity index (χ3v) is 10.4. The summed E-state index contributed by atoms with van der Waals surface area (Å²) in [5, 5.41) is 9.94. The monoisotopic (exact) mass is 344 g/mol. The lowest BCUT2D eigenvalue weighted by Crippen LogP contribution is -2.45. The number of hydrogen-bond donors (Lipinski definition) is 1. The normalized spacial score (nSPS) is 32.1. The zero-order valence-electron chi connectivity index (χ0n) is 16.0. The average molecular weight is 345 g/mol. The van der Waals surface area contributed by atoms with Gasteiger partial charge in [0, 0.05) is 6.42 Å². The van der Waals surface area contributed by atoms with Crippen LogP contribution in [0.4, 0.5) is 0 Å². The van der Waals surface area contributed by atoms with E-state index in [1.165, 1.54) is 0 Å². The Bertz CT molecular complexity index is 400. The minimum atomic E-state index is -1.82. The van der Waals surface area contributed by atoms with Gasteiger partial charge in [-0.2, -0.15) is 0 Å². The minimum absolute atomic E-state index is 0.0174. The van der Waals surface area contributed by atoms with E-state index in [0.29, 0.717) is 0 Å². The molecule has 0 bridgehead atoms. The Morgan fingerprint density at radius 1 is 1.30 bits per heavy atom. The molecule has 4 nitrogen and oxygen atoms in total. The van der Waals surface area contributed by atoms with Gasteiger partial charge in [0.05, 0.1) is 30.5 Å². The molecule has 0 aromatic heterocycles. The molecule has 0 amide bonds. The van der Waals surface area contributed by atoms with E-state index in [2.05, 4.69) is 47.7 Å². The van der Waals surface area contributed by atoms with Crippen LogP contribution in [0.15, 0.2) is 0 Å². The molecule has 0 aromatic carbocycles. The van der Waals surface area contributed by atoms with Crippen molar-refractivity contribution in [3.05, 3.63) is 0 Å².